The highest BCUT2D eigenvalue weighted by atomic mass is 16.2. The summed E-state index contributed by atoms with van der Waals surface area (Å²) < 4.78 is 0. The first kappa shape index (κ1) is 8.20. The quantitative estimate of drug-likeness (QED) is 0.513. The highest BCUT2D eigenvalue weighted by Crippen LogP contribution is 2.00. The van der Waals surface area contributed by atoms with Crippen LogP contribution in [0.2, 0.25) is 0 Å². The molecule has 1 N–H and O–H groups in total. The molecular weight excluding hydrogens is 144 g/mol. The van der Waals surface area contributed by atoms with Crippen LogP contribution in [0.4, 0.5) is 0 Å². The zero-order valence-electron chi connectivity index (χ0n) is 6.76. The van der Waals surface area contributed by atoms with Gasteiger partial charge in [-0.05, 0) is 13.8 Å². The average Bonchev–Trinajstić information content (AvgIpc) is 1.85. The number of carbonyl (C=O) groups is 2. The van der Waals surface area contributed by atoms with E-state index < -0.39 is 0 Å². The summed E-state index contributed by atoms with van der Waals surface area (Å²) in [6.45, 7) is 4.60. The second-order valence-electron chi connectivity index (χ2n) is 2.97. The minimum Gasteiger partial charge on any atom is -0.294 e. The van der Waals surface area contributed by atoms with E-state index in [2.05, 4.69) is 5.32 Å². The Morgan fingerprint density at radius 2 is 1.73 bits per heavy atom. The number of piperazine rings is 1. The molecule has 1 saturated heterocycles. The predicted octanol–water partition coefficient (Wildman–Crippen LogP) is -0.647. The van der Waals surface area contributed by atoms with E-state index in [1.807, 2.05) is 18.7 Å². The lowest BCUT2D eigenvalue weighted by Gasteiger charge is -2.28. The van der Waals surface area contributed by atoms with Crippen molar-refractivity contribution in [1.82, 2.24) is 10.2 Å². The van der Waals surface area contributed by atoms with Crippen LogP contribution in [0.25, 0.3) is 0 Å². The van der Waals surface area contributed by atoms with Gasteiger partial charge in [-0.15, -0.1) is 0 Å². The van der Waals surface area contributed by atoms with Crippen LogP contribution in [-0.4, -0.2) is 35.8 Å². The van der Waals surface area contributed by atoms with E-state index >= 15 is 0 Å². The first-order valence-electron chi connectivity index (χ1n) is 3.66. The van der Waals surface area contributed by atoms with Crippen LogP contribution in [0.5, 0.6) is 0 Å². The van der Waals surface area contributed by atoms with Gasteiger partial charge in [0.2, 0.25) is 11.8 Å². The molecule has 1 aliphatic heterocycles. The van der Waals surface area contributed by atoms with Crippen molar-refractivity contribution >= 4 is 11.8 Å². The summed E-state index contributed by atoms with van der Waals surface area (Å²) in [5, 5.41) is 2.24. The van der Waals surface area contributed by atoms with Crippen LogP contribution >= 0.6 is 0 Å². The largest absolute Gasteiger partial charge is 0.294 e. The van der Waals surface area contributed by atoms with Gasteiger partial charge >= 0.3 is 0 Å². The Morgan fingerprint density at radius 1 is 1.27 bits per heavy atom. The molecule has 1 heterocycles. The van der Waals surface area contributed by atoms with Gasteiger partial charge in [-0.1, -0.05) is 0 Å². The molecule has 2 amide bonds. The second-order valence-corrected chi connectivity index (χ2v) is 2.97. The van der Waals surface area contributed by atoms with E-state index in [-0.39, 0.29) is 17.9 Å². The summed E-state index contributed by atoms with van der Waals surface area (Å²) in [7, 11) is 0. The maximum Gasteiger partial charge on any atom is 0.240 e. The number of imide groups is 1. The molecule has 0 saturated carbocycles. The lowest BCUT2D eigenvalue weighted by atomic mass is 10.2. The molecule has 0 aromatic rings. The molecule has 1 rings (SSSR count). The number of hydrogen-bond donors (Lipinski definition) is 1. The van der Waals surface area contributed by atoms with Crippen LogP contribution in [0.1, 0.15) is 13.8 Å². The van der Waals surface area contributed by atoms with Crippen LogP contribution in [0, 0.1) is 0 Å². The molecule has 1 fully saturated rings. The van der Waals surface area contributed by atoms with Crippen molar-refractivity contribution in [2.45, 2.75) is 19.9 Å². The molecule has 11 heavy (non-hydrogen) atoms. The summed E-state index contributed by atoms with van der Waals surface area (Å²) in [4.78, 5) is 23.5. The van der Waals surface area contributed by atoms with Gasteiger partial charge in [-0.3, -0.25) is 19.8 Å². The maximum absolute atomic E-state index is 10.8. The van der Waals surface area contributed by atoms with E-state index in [1.165, 1.54) is 0 Å². The van der Waals surface area contributed by atoms with Crippen LogP contribution in [0.3, 0.4) is 0 Å². The molecule has 0 atom stereocenters. The molecule has 0 radical (unpaired) electrons. The molecule has 0 bridgehead atoms. The molecular formula is C7H12N2O2. The molecule has 0 unspecified atom stereocenters. The molecule has 4 heteroatoms. The van der Waals surface area contributed by atoms with Crippen molar-refractivity contribution in [3.05, 3.63) is 0 Å². The molecule has 1 aliphatic rings. The third kappa shape index (κ3) is 2.01. The van der Waals surface area contributed by atoms with Crippen molar-refractivity contribution in [3.8, 4) is 0 Å². The fourth-order valence-corrected chi connectivity index (χ4v) is 1.02. The van der Waals surface area contributed by atoms with Crippen LogP contribution in [0.15, 0.2) is 0 Å². The van der Waals surface area contributed by atoms with E-state index in [9.17, 15) is 9.59 Å². The van der Waals surface area contributed by atoms with Gasteiger partial charge in [0.05, 0.1) is 13.1 Å². The Morgan fingerprint density at radius 3 is 2.09 bits per heavy atom. The normalized spacial score (nSPS) is 20.6. The molecule has 0 aromatic heterocycles. The van der Waals surface area contributed by atoms with Gasteiger partial charge in [-0.25, -0.2) is 0 Å². The lowest BCUT2D eigenvalue weighted by Crippen LogP contribution is -2.53. The Balaban J connectivity index is 2.56. The van der Waals surface area contributed by atoms with Gasteiger partial charge in [0.15, 0.2) is 0 Å². The van der Waals surface area contributed by atoms with Gasteiger partial charge in [0.1, 0.15) is 0 Å². The fourth-order valence-electron chi connectivity index (χ4n) is 1.02. The highest BCUT2D eigenvalue weighted by molar-refractivity contribution is 5.99. The zero-order valence-corrected chi connectivity index (χ0v) is 6.76. The Hall–Kier alpha value is -0.900. The molecule has 0 aliphatic carbocycles. The first-order valence-corrected chi connectivity index (χ1v) is 3.66. The third-order valence-corrected chi connectivity index (χ3v) is 1.70. The Bertz CT molecular complexity index is 173. The number of carbonyl (C=O) groups excluding carboxylic acids is 2. The number of rotatable bonds is 1. The van der Waals surface area contributed by atoms with Crippen LogP contribution < -0.4 is 5.32 Å². The smallest absolute Gasteiger partial charge is 0.240 e. The topological polar surface area (TPSA) is 49.4 Å². The van der Waals surface area contributed by atoms with Crippen molar-refractivity contribution in [3.63, 3.8) is 0 Å². The molecule has 0 spiro atoms. The number of amides is 2. The molecule has 4 nitrogen and oxygen atoms in total. The summed E-state index contributed by atoms with van der Waals surface area (Å²) in [6.07, 6.45) is 0. The van der Waals surface area contributed by atoms with Gasteiger partial charge < -0.3 is 0 Å². The van der Waals surface area contributed by atoms with Gasteiger partial charge in [0, 0.05) is 6.04 Å². The van der Waals surface area contributed by atoms with Gasteiger partial charge in [0.25, 0.3) is 0 Å². The van der Waals surface area contributed by atoms with Crippen molar-refractivity contribution in [1.29, 1.82) is 0 Å². The SMILES string of the molecule is CC(C)N1CC(=O)NC(=O)C1. The predicted molar refractivity (Wildman–Crippen MR) is 39.9 cm³/mol. The first-order chi connectivity index (χ1) is 5.09. The van der Waals surface area contributed by atoms with Gasteiger partial charge in [-0.2, -0.15) is 0 Å². The summed E-state index contributed by atoms with van der Waals surface area (Å²) in [6, 6.07) is 0.255. The summed E-state index contributed by atoms with van der Waals surface area (Å²) in [5.74, 6) is -0.398. The third-order valence-electron chi connectivity index (χ3n) is 1.70. The van der Waals surface area contributed by atoms with E-state index in [0.717, 1.165) is 0 Å². The number of nitrogens with one attached hydrogen (secondary N) is 1. The number of hydrogen-bond acceptors (Lipinski definition) is 3. The average molecular weight is 156 g/mol. The molecule has 0 aromatic carbocycles. The standard InChI is InChI=1S/C7H12N2O2/c1-5(2)9-3-6(10)8-7(11)4-9/h5H,3-4H2,1-2H3,(H,8,10,11). The van der Waals surface area contributed by atoms with E-state index in [4.69, 9.17) is 0 Å². The molecule has 62 valence electrons. The lowest BCUT2D eigenvalue weighted by molar-refractivity contribution is -0.136. The van der Waals surface area contributed by atoms with E-state index in [1.54, 1.807) is 0 Å². The van der Waals surface area contributed by atoms with E-state index in [0.29, 0.717) is 13.1 Å². The number of nitrogens with zero attached hydrogens (tertiary/aromatic N) is 1. The van der Waals surface area contributed by atoms with Crippen molar-refractivity contribution in [2.24, 2.45) is 0 Å². The minimum absolute atomic E-state index is 0.199. The van der Waals surface area contributed by atoms with Crippen LogP contribution in [-0.2, 0) is 9.59 Å². The highest BCUT2D eigenvalue weighted by Gasteiger charge is 2.23. The Kier molecular flexibility index (Phi) is 2.24. The van der Waals surface area contributed by atoms with Crippen molar-refractivity contribution < 1.29 is 9.59 Å². The second kappa shape index (κ2) is 3.00. The summed E-state index contributed by atoms with van der Waals surface area (Å²) in [5.41, 5.74) is 0. The fraction of sp³-hybridized carbons (Fsp3) is 0.714. The zero-order chi connectivity index (χ0) is 8.43. The summed E-state index contributed by atoms with van der Waals surface area (Å²) >= 11 is 0. The van der Waals surface area contributed by atoms with Crippen molar-refractivity contribution in [2.75, 3.05) is 13.1 Å². The monoisotopic (exact) mass is 156 g/mol. The Labute approximate surface area is 65.6 Å². The maximum atomic E-state index is 10.8. The minimum atomic E-state index is -0.199.